The van der Waals surface area contributed by atoms with E-state index in [-0.39, 0.29) is 0 Å². The first-order chi connectivity index (χ1) is 6.57. The van der Waals surface area contributed by atoms with Gasteiger partial charge in [0.15, 0.2) is 4.33 Å². The first-order valence-electron chi connectivity index (χ1n) is 4.31. The van der Waals surface area contributed by atoms with Crippen LogP contribution < -0.4 is 0 Å². The van der Waals surface area contributed by atoms with Crippen molar-refractivity contribution in [3.8, 4) is 0 Å². The summed E-state index contributed by atoms with van der Waals surface area (Å²) < 4.78 is -0.927. The summed E-state index contributed by atoms with van der Waals surface area (Å²) in [6.45, 7) is 1.72. The van der Waals surface area contributed by atoms with E-state index in [0.29, 0.717) is 5.69 Å². The van der Waals surface area contributed by atoms with Crippen LogP contribution in [0.5, 0.6) is 0 Å². The number of hydrogen-bond donors (Lipinski definition) is 0. The number of benzene rings is 1. The normalized spacial score (nSPS) is 11.9. The lowest BCUT2D eigenvalue weighted by atomic mass is 10.2. The molecule has 2 rings (SSSR count). The van der Waals surface area contributed by atoms with E-state index < -0.39 is 4.33 Å². The summed E-state index contributed by atoms with van der Waals surface area (Å²) in [5.74, 6) is 0. The average Bonchev–Trinajstić information content (AvgIpc) is 2.16. The summed E-state index contributed by atoms with van der Waals surface area (Å²) in [5.41, 5.74) is 1.59. The Morgan fingerprint density at radius 3 is 2.50 bits per heavy atom. The van der Waals surface area contributed by atoms with Crippen molar-refractivity contribution in [2.24, 2.45) is 0 Å². The predicted molar refractivity (Wildman–Crippen MR) is 60.8 cm³/mol. The predicted octanol–water partition coefficient (Wildman–Crippen LogP) is 3.89. The number of halogens is 2. The van der Waals surface area contributed by atoms with Crippen LogP contribution in [0.4, 0.5) is 0 Å². The molecule has 0 aliphatic rings. The van der Waals surface area contributed by atoms with Gasteiger partial charge in [0.25, 0.3) is 0 Å². The van der Waals surface area contributed by atoms with Crippen molar-refractivity contribution in [2.75, 3.05) is 0 Å². The van der Waals surface area contributed by atoms with Gasteiger partial charge in [-0.2, -0.15) is 0 Å². The van der Waals surface area contributed by atoms with Crippen molar-refractivity contribution < 1.29 is 0 Å². The van der Waals surface area contributed by atoms with Gasteiger partial charge in [-0.05, 0) is 19.1 Å². The number of para-hydroxylation sites is 1. The highest BCUT2D eigenvalue weighted by molar-refractivity contribution is 6.47. The van der Waals surface area contributed by atoms with E-state index in [2.05, 4.69) is 4.98 Å². The van der Waals surface area contributed by atoms with Gasteiger partial charge in [-0.15, -0.1) is 0 Å². The second-order valence-electron chi connectivity index (χ2n) is 3.28. The monoisotopic (exact) mass is 225 g/mol. The van der Waals surface area contributed by atoms with Gasteiger partial charge in [0.2, 0.25) is 0 Å². The highest BCUT2D eigenvalue weighted by atomic mass is 35.5. The topological polar surface area (TPSA) is 12.9 Å². The van der Waals surface area contributed by atoms with Gasteiger partial charge in [-0.1, -0.05) is 47.5 Å². The molecule has 0 fully saturated rings. The van der Waals surface area contributed by atoms with Crippen LogP contribution in [0.15, 0.2) is 36.4 Å². The molecular formula is C11H9Cl2N. The molecular weight excluding hydrogens is 217 g/mol. The Kier molecular flexibility index (Phi) is 2.38. The van der Waals surface area contributed by atoms with E-state index in [0.717, 1.165) is 10.9 Å². The van der Waals surface area contributed by atoms with Crippen LogP contribution in [0, 0.1) is 0 Å². The van der Waals surface area contributed by atoms with Crippen LogP contribution in [-0.2, 0) is 4.33 Å². The molecule has 1 nitrogen and oxygen atoms in total. The molecule has 0 bridgehead atoms. The standard InChI is InChI=1S/C11H9Cl2N/c1-11(12,13)10-7-6-8-4-2-3-5-9(8)14-10/h2-7H,1H3. The minimum absolute atomic E-state index is 0.680. The molecule has 0 N–H and O–H groups in total. The molecule has 0 saturated heterocycles. The van der Waals surface area contributed by atoms with E-state index in [9.17, 15) is 0 Å². The highest BCUT2D eigenvalue weighted by Crippen LogP contribution is 2.32. The minimum Gasteiger partial charge on any atom is -0.250 e. The van der Waals surface area contributed by atoms with Crippen LogP contribution in [0.3, 0.4) is 0 Å². The summed E-state index contributed by atoms with van der Waals surface area (Å²) in [6, 6.07) is 11.7. The fourth-order valence-corrected chi connectivity index (χ4v) is 1.52. The van der Waals surface area contributed by atoms with Gasteiger partial charge in [-0.3, -0.25) is 0 Å². The van der Waals surface area contributed by atoms with E-state index in [1.54, 1.807) is 6.92 Å². The van der Waals surface area contributed by atoms with E-state index in [4.69, 9.17) is 23.2 Å². The van der Waals surface area contributed by atoms with E-state index in [1.165, 1.54) is 0 Å². The zero-order chi connectivity index (χ0) is 10.2. The van der Waals surface area contributed by atoms with Gasteiger partial charge in [0.1, 0.15) is 0 Å². The summed E-state index contributed by atoms with van der Waals surface area (Å²) in [6.07, 6.45) is 0. The molecule has 3 heteroatoms. The minimum atomic E-state index is -0.927. The van der Waals surface area contributed by atoms with Crippen LogP contribution in [-0.4, -0.2) is 4.98 Å². The van der Waals surface area contributed by atoms with Crippen LogP contribution >= 0.6 is 23.2 Å². The Bertz CT molecular complexity index is 460. The van der Waals surface area contributed by atoms with E-state index in [1.807, 2.05) is 36.4 Å². The fraction of sp³-hybridized carbons (Fsp3) is 0.182. The van der Waals surface area contributed by atoms with Gasteiger partial charge in [0, 0.05) is 5.39 Å². The summed E-state index contributed by atoms with van der Waals surface area (Å²) >= 11 is 11.9. The number of hydrogen-bond acceptors (Lipinski definition) is 1. The lowest BCUT2D eigenvalue weighted by molar-refractivity contribution is 0.923. The Balaban J connectivity index is 2.63. The molecule has 0 aliphatic heterocycles. The first-order valence-corrected chi connectivity index (χ1v) is 5.07. The highest BCUT2D eigenvalue weighted by Gasteiger charge is 2.21. The molecule has 0 spiro atoms. The zero-order valence-corrected chi connectivity index (χ0v) is 9.18. The lowest BCUT2D eigenvalue weighted by Gasteiger charge is -2.12. The Labute approximate surface area is 92.7 Å². The molecule has 0 unspecified atom stereocenters. The Morgan fingerprint density at radius 2 is 1.79 bits per heavy atom. The van der Waals surface area contributed by atoms with Crippen molar-refractivity contribution in [2.45, 2.75) is 11.3 Å². The molecule has 0 radical (unpaired) electrons. The van der Waals surface area contributed by atoms with Crippen LogP contribution in [0.2, 0.25) is 0 Å². The molecule has 2 aromatic rings. The average molecular weight is 226 g/mol. The summed E-state index contributed by atoms with van der Waals surface area (Å²) in [5, 5.41) is 1.09. The SMILES string of the molecule is CC(Cl)(Cl)c1ccc2ccccc2n1. The summed E-state index contributed by atoms with van der Waals surface area (Å²) in [7, 11) is 0. The quantitative estimate of drug-likeness (QED) is 0.672. The molecule has 0 aliphatic carbocycles. The third kappa shape index (κ3) is 1.84. The number of fused-ring (bicyclic) bond motifs is 1. The maximum absolute atomic E-state index is 5.96. The molecule has 0 atom stereocenters. The number of aromatic nitrogens is 1. The molecule has 1 aromatic carbocycles. The zero-order valence-electron chi connectivity index (χ0n) is 7.67. The lowest BCUT2D eigenvalue weighted by Crippen LogP contribution is -2.06. The van der Waals surface area contributed by atoms with Gasteiger partial charge in [-0.25, -0.2) is 4.98 Å². The molecule has 14 heavy (non-hydrogen) atoms. The number of pyridine rings is 1. The van der Waals surface area contributed by atoms with Crippen molar-refractivity contribution >= 4 is 34.1 Å². The fourth-order valence-electron chi connectivity index (χ4n) is 1.31. The van der Waals surface area contributed by atoms with Crippen molar-refractivity contribution in [1.29, 1.82) is 0 Å². The second-order valence-corrected chi connectivity index (χ2v) is 4.98. The van der Waals surface area contributed by atoms with Crippen molar-refractivity contribution in [1.82, 2.24) is 4.98 Å². The Morgan fingerprint density at radius 1 is 1.07 bits per heavy atom. The molecule has 0 amide bonds. The Hall–Kier alpha value is -0.790. The van der Waals surface area contributed by atoms with Crippen molar-refractivity contribution in [3.05, 3.63) is 42.1 Å². The molecule has 0 saturated carbocycles. The number of rotatable bonds is 1. The van der Waals surface area contributed by atoms with Crippen LogP contribution in [0.25, 0.3) is 10.9 Å². The maximum atomic E-state index is 5.96. The maximum Gasteiger partial charge on any atom is 0.157 e. The third-order valence-corrected chi connectivity index (χ3v) is 2.44. The van der Waals surface area contributed by atoms with Crippen molar-refractivity contribution in [3.63, 3.8) is 0 Å². The largest absolute Gasteiger partial charge is 0.250 e. The second kappa shape index (κ2) is 3.41. The van der Waals surface area contributed by atoms with Gasteiger partial charge < -0.3 is 0 Å². The van der Waals surface area contributed by atoms with Gasteiger partial charge in [0.05, 0.1) is 11.2 Å². The molecule has 1 heterocycles. The first kappa shape index (κ1) is 9.75. The molecule has 72 valence electrons. The van der Waals surface area contributed by atoms with E-state index >= 15 is 0 Å². The summed E-state index contributed by atoms with van der Waals surface area (Å²) in [4.78, 5) is 4.38. The van der Waals surface area contributed by atoms with Crippen LogP contribution in [0.1, 0.15) is 12.6 Å². The number of alkyl halides is 2. The van der Waals surface area contributed by atoms with Gasteiger partial charge >= 0.3 is 0 Å². The number of nitrogens with zero attached hydrogens (tertiary/aromatic N) is 1. The third-order valence-electron chi connectivity index (χ3n) is 2.05. The smallest absolute Gasteiger partial charge is 0.157 e. The molecule has 1 aromatic heterocycles.